The Kier molecular flexibility index (Phi) is 9.68. The van der Waals surface area contributed by atoms with E-state index in [1.807, 2.05) is 62.4 Å². The lowest BCUT2D eigenvalue weighted by molar-refractivity contribution is 0.0827. The van der Waals surface area contributed by atoms with E-state index >= 15 is 0 Å². The van der Waals surface area contributed by atoms with Gasteiger partial charge in [-0.15, -0.1) is 0 Å². The second-order valence-electron chi connectivity index (χ2n) is 7.40. The van der Waals surface area contributed by atoms with Crippen LogP contribution >= 0.6 is 0 Å². The van der Waals surface area contributed by atoms with Crippen molar-refractivity contribution in [2.24, 2.45) is 4.99 Å². The largest absolute Gasteiger partial charge is 0.497 e. The molecular weight excluding hydrogens is 392 g/mol. The summed E-state index contributed by atoms with van der Waals surface area (Å²) < 4.78 is 11.2. The van der Waals surface area contributed by atoms with Crippen molar-refractivity contribution in [1.29, 1.82) is 0 Å². The fourth-order valence-electron chi connectivity index (χ4n) is 2.95. The average molecular weight is 427 g/mol. The molecule has 0 aliphatic carbocycles. The molecule has 2 rings (SSSR count). The van der Waals surface area contributed by atoms with Gasteiger partial charge in [-0.1, -0.05) is 18.2 Å². The van der Waals surface area contributed by atoms with Crippen molar-refractivity contribution >= 4 is 11.9 Å². The molecule has 0 saturated heterocycles. The van der Waals surface area contributed by atoms with Crippen LogP contribution in [0, 0.1) is 0 Å². The van der Waals surface area contributed by atoms with Gasteiger partial charge in [-0.3, -0.25) is 4.79 Å². The predicted octanol–water partition coefficient (Wildman–Crippen LogP) is 2.96. The molecule has 168 valence electrons. The van der Waals surface area contributed by atoms with Crippen LogP contribution in [0.4, 0.5) is 0 Å². The van der Waals surface area contributed by atoms with Gasteiger partial charge in [0, 0.05) is 38.8 Å². The van der Waals surface area contributed by atoms with Crippen LogP contribution in [0.25, 0.3) is 0 Å². The zero-order chi connectivity index (χ0) is 22.6. The highest BCUT2D eigenvalue weighted by Crippen LogP contribution is 2.19. The van der Waals surface area contributed by atoms with Gasteiger partial charge in [0.2, 0.25) is 0 Å². The molecule has 2 N–H and O–H groups in total. The summed E-state index contributed by atoms with van der Waals surface area (Å²) in [7, 11) is 5.15. The van der Waals surface area contributed by atoms with E-state index in [0.717, 1.165) is 36.0 Å². The molecule has 0 saturated carbocycles. The molecule has 1 amide bonds. The van der Waals surface area contributed by atoms with Crippen LogP contribution in [0.15, 0.2) is 53.5 Å². The number of amides is 1. The summed E-state index contributed by atoms with van der Waals surface area (Å²) in [5, 5.41) is 6.60. The van der Waals surface area contributed by atoms with Crippen molar-refractivity contribution in [2.45, 2.75) is 26.4 Å². The van der Waals surface area contributed by atoms with Crippen LogP contribution in [0.2, 0.25) is 0 Å². The number of carbonyl (C=O) groups excluding carboxylic acids is 1. The minimum atomic E-state index is -0.0868. The number of nitrogens with zero attached hydrogens (tertiary/aromatic N) is 2. The Morgan fingerprint density at radius 3 is 2.55 bits per heavy atom. The maximum Gasteiger partial charge on any atom is 0.253 e. The fourth-order valence-corrected chi connectivity index (χ4v) is 2.95. The SMILES string of the molecule is CCNC(=NCC(C)Oc1cccc(OC)c1)NCCc1cccc(C(=O)N(C)C)c1. The summed E-state index contributed by atoms with van der Waals surface area (Å²) in [5.74, 6) is 2.27. The van der Waals surface area contributed by atoms with Crippen LogP contribution in [0.5, 0.6) is 11.5 Å². The average Bonchev–Trinajstić information content (AvgIpc) is 2.77. The van der Waals surface area contributed by atoms with E-state index in [1.54, 1.807) is 26.1 Å². The summed E-state index contributed by atoms with van der Waals surface area (Å²) in [6.07, 6.45) is 0.700. The lowest BCUT2D eigenvalue weighted by atomic mass is 10.1. The molecule has 0 aliphatic rings. The molecule has 0 fully saturated rings. The molecule has 7 heteroatoms. The highest BCUT2D eigenvalue weighted by molar-refractivity contribution is 5.94. The Morgan fingerprint density at radius 1 is 1.10 bits per heavy atom. The Bertz CT molecular complexity index is 867. The highest BCUT2D eigenvalue weighted by Gasteiger charge is 2.09. The molecule has 0 aliphatic heterocycles. The molecular formula is C24H34N4O3. The lowest BCUT2D eigenvalue weighted by Gasteiger charge is -2.16. The molecule has 2 aromatic rings. The summed E-state index contributed by atoms with van der Waals surface area (Å²) in [6, 6.07) is 15.3. The third-order valence-corrected chi connectivity index (χ3v) is 4.52. The normalized spacial score (nSPS) is 12.1. The van der Waals surface area contributed by atoms with E-state index in [0.29, 0.717) is 18.7 Å². The Balaban J connectivity index is 1.88. The molecule has 0 spiro atoms. The van der Waals surface area contributed by atoms with Gasteiger partial charge in [0.1, 0.15) is 17.6 Å². The van der Waals surface area contributed by atoms with Gasteiger partial charge in [-0.25, -0.2) is 4.99 Å². The Hall–Kier alpha value is -3.22. The number of aliphatic imine (C=N–C) groups is 1. The van der Waals surface area contributed by atoms with E-state index in [4.69, 9.17) is 9.47 Å². The first-order chi connectivity index (χ1) is 14.9. The van der Waals surface area contributed by atoms with Gasteiger partial charge >= 0.3 is 0 Å². The topological polar surface area (TPSA) is 75.2 Å². The maximum absolute atomic E-state index is 12.1. The van der Waals surface area contributed by atoms with Crippen LogP contribution < -0.4 is 20.1 Å². The number of carbonyl (C=O) groups is 1. The lowest BCUT2D eigenvalue weighted by Crippen LogP contribution is -2.39. The molecule has 0 aromatic heterocycles. The summed E-state index contributed by atoms with van der Waals surface area (Å²) in [5.41, 5.74) is 1.80. The zero-order valence-electron chi connectivity index (χ0n) is 19.1. The fraction of sp³-hybridized carbons (Fsp3) is 0.417. The molecule has 0 bridgehead atoms. The van der Waals surface area contributed by atoms with E-state index in [2.05, 4.69) is 15.6 Å². The van der Waals surface area contributed by atoms with E-state index in [-0.39, 0.29) is 12.0 Å². The van der Waals surface area contributed by atoms with Crippen LogP contribution in [-0.2, 0) is 6.42 Å². The number of methoxy groups -OCH3 is 1. The smallest absolute Gasteiger partial charge is 0.253 e. The summed E-state index contributed by atoms with van der Waals surface area (Å²) in [4.78, 5) is 18.4. The first-order valence-corrected chi connectivity index (χ1v) is 10.6. The third-order valence-electron chi connectivity index (χ3n) is 4.52. The monoisotopic (exact) mass is 426 g/mol. The number of nitrogens with one attached hydrogen (secondary N) is 2. The van der Waals surface area contributed by atoms with Gasteiger partial charge in [0.15, 0.2) is 5.96 Å². The van der Waals surface area contributed by atoms with E-state index in [1.165, 1.54) is 0 Å². The van der Waals surface area contributed by atoms with Crippen molar-refractivity contribution in [3.63, 3.8) is 0 Å². The first-order valence-electron chi connectivity index (χ1n) is 10.6. The van der Waals surface area contributed by atoms with Crippen molar-refractivity contribution in [2.75, 3.05) is 40.8 Å². The number of benzene rings is 2. The molecule has 7 nitrogen and oxygen atoms in total. The van der Waals surface area contributed by atoms with Crippen LogP contribution in [0.1, 0.15) is 29.8 Å². The first kappa shape index (κ1) is 24.1. The molecule has 0 radical (unpaired) electrons. The number of hydrogen-bond acceptors (Lipinski definition) is 4. The molecule has 1 unspecified atom stereocenters. The van der Waals surface area contributed by atoms with Gasteiger partial charge in [-0.05, 0) is 50.1 Å². The van der Waals surface area contributed by atoms with Crippen LogP contribution in [0.3, 0.4) is 0 Å². The predicted molar refractivity (Wildman–Crippen MR) is 125 cm³/mol. The van der Waals surface area contributed by atoms with Crippen LogP contribution in [-0.4, -0.2) is 63.7 Å². The molecule has 2 aromatic carbocycles. The second-order valence-corrected chi connectivity index (χ2v) is 7.40. The van der Waals surface area contributed by atoms with Crippen molar-refractivity contribution in [3.8, 4) is 11.5 Å². The molecule has 1 atom stereocenters. The van der Waals surface area contributed by atoms with E-state index in [9.17, 15) is 4.79 Å². The molecule has 0 heterocycles. The van der Waals surface area contributed by atoms with Crippen molar-refractivity contribution in [3.05, 3.63) is 59.7 Å². The number of ether oxygens (including phenoxy) is 2. The Labute approximate surface area is 185 Å². The maximum atomic E-state index is 12.1. The minimum Gasteiger partial charge on any atom is -0.497 e. The van der Waals surface area contributed by atoms with Gasteiger partial charge in [0.05, 0.1) is 13.7 Å². The highest BCUT2D eigenvalue weighted by atomic mass is 16.5. The van der Waals surface area contributed by atoms with E-state index < -0.39 is 0 Å². The van der Waals surface area contributed by atoms with Gasteiger partial charge in [-0.2, -0.15) is 0 Å². The second kappa shape index (κ2) is 12.5. The number of hydrogen-bond donors (Lipinski definition) is 2. The van der Waals surface area contributed by atoms with Crippen molar-refractivity contribution < 1.29 is 14.3 Å². The number of rotatable bonds is 10. The van der Waals surface area contributed by atoms with Gasteiger partial charge in [0.25, 0.3) is 5.91 Å². The standard InChI is InChI=1S/C24H34N4O3/c1-6-25-24(27-17-18(2)31-22-12-8-11-21(16-22)30-5)26-14-13-19-9-7-10-20(15-19)23(29)28(3)4/h7-12,15-16,18H,6,13-14,17H2,1-5H3,(H2,25,26,27). The third kappa shape index (κ3) is 8.20. The number of guanidine groups is 1. The molecule has 31 heavy (non-hydrogen) atoms. The minimum absolute atomic E-state index is 0.00901. The van der Waals surface area contributed by atoms with Crippen molar-refractivity contribution in [1.82, 2.24) is 15.5 Å². The quantitative estimate of drug-likeness (QED) is 0.451. The van der Waals surface area contributed by atoms with Gasteiger partial charge < -0.3 is 25.0 Å². The zero-order valence-corrected chi connectivity index (χ0v) is 19.1. The summed E-state index contributed by atoms with van der Waals surface area (Å²) >= 11 is 0. The summed E-state index contributed by atoms with van der Waals surface area (Å²) in [6.45, 7) is 6.00. The Morgan fingerprint density at radius 2 is 1.84 bits per heavy atom.